The highest BCUT2D eigenvalue weighted by Gasteiger charge is 2.39. The van der Waals surface area contributed by atoms with Crippen molar-refractivity contribution in [1.29, 1.82) is 0 Å². The Balaban J connectivity index is 1.70. The molecule has 1 aromatic carbocycles. The van der Waals surface area contributed by atoms with Crippen LogP contribution in [0.25, 0.3) is 0 Å². The minimum Gasteiger partial charge on any atom is -0.393 e. The zero-order valence-corrected chi connectivity index (χ0v) is 13.9. The first-order valence-electron chi connectivity index (χ1n) is 8.82. The number of aliphatic hydroxyl groups excluding tert-OH is 1. The molecule has 2 saturated heterocycles. The lowest BCUT2D eigenvalue weighted by Gasteiger charge is -2.37. The molecule has 1 aromatic rings. The maximum Gasteiger partial charge on any atom is 0.227 e. The van der Waals surface area contributed by atoms with Crippen LogP contribution in [0.2, 0.25) is 0 Å². The fraction of sp³-hybridized carbons (Fsp3) is 0.632. The Bertz CT molecular complexity index is 545. The second kappa shape index (κ2) is 7.45. The molecule has 2 aliphatic rings. The minimum absolute atomic E-state index is 0.0663. The summed E-state index contributed by atoms with van der Waals surface area (Å²) < 4.78 is 5.55. The van der Waals surface area contributed by atoms with Gasteiger partial charge in [-0.1, -0.05) is 31.2 Å². The lowest BCUT2D eigenvalue weighted by molar-refractivity contribution is -0.135. The lowest BCUT2D eigenvalue weighted by Crippen LogP contribution is -2.48. The Labute approximate surface area is 138 Å². The quantitative estimate of drug-likeness (QED) is 0.926. The summed E-state index contributed by atoms with van der Waals surface area (Å²) in [5.41, 5.74) is 2.38. The van der Waals surface area contributed by atoms with Crippen LogP contribution in [0, 0.1) is 5.92 Å². The summed E-state index contributed by atoms with van der Waals surface area (Å²) in [6.45, 7) is 4.13. The van der Waals surface area contributed by atoms with Gasteiger partial charge in [-0.25, -0.2) is 0 Å². The first-order valence-corrected chi connectivity index (χ1v) is 8.82. The molecule has 3 atom stereocenters. The smallest absolute Gasteiger partial charge is 0.227 e. The van der Waals surface area contributed by atoms with Gasteiger partial charge in [-0.15, -0.1) is 0 Å². The van der Waals surface area contributed by atoms with Crippen molar-refractivity contribution < 1.29 is 14.6 Å². The molecule has 2 fully saturated rings. The van der Waals surface area contributed by atoms with E-state index in [1.54, 1.807) is 0 Å². The molecule has 4 nitrogen and oxygen atoms in total. The molecule has 4 heteroatoms. The van der Waals surface area contributed by atoms with Crippen LogP contribution in [-0.4, -0.2) is 47.8 Å². The second-order valence-electron chi connectivity index (χ2n) is 6.69. The van der Waals surface area contributed by atoms with E-state index in [1.165, 1.54) is 5.56 Å². The topological polar surface area (TPSA) is 49.8 Å². The van der Waals surface area contributed by atoms with E-state index in [0.717, 1.165) is 31.4 Å². The van der Waals surface area contributed by atoms with Crippen LogP contribution in [0.1, 0.15) is 37.3 Å². The third-order valence-electron chi connectivity index (χ3n) is 5.32. The van der Waals surface area contributed by atoms with E-state index in [1.807, 2.05) is 17.0 Å². The third kappa shape index (κ3) is 3.59. The van der Waals surface area contributed by atoms with Gasteiger partial charge in [0.05, 0.1) is 19.1 Å². The van der Waals surface area contributed by atoms with E-state index in [2.05, 4.69) is 19.1 Å². The average Bonchev–Trinajstić information content (AvgIpc) is 3.05. The lowest BCUT2D eigenvalue weighted by atomic mass is 9.89. The third-order valence-corrected chi connectivity index (χ3v) is 5.32. The van der Waals surface area contributed by atoms with E-state index in [4.69, 9.17) is 4.74 Å². The number of likely N-dealkylation sites (tertiary alicyclic amines) is 1. The SMILES string of the molecule is CCc1ccccc1CC(=O)N1CCC[C@@H]1[C@@H]1COCC[C@H]1O. The molecule has 0 saturated carbocycles. The number of benzene rings is 1. The van der Waals surface area contributed by atoms with Gasteiger partial charge >= 0.3 is 0 Å². The highest BCUT2D eigenvalue weighted by molar-refractivity contribution is 5.79. The number of carbonyl (C=O) groups excluding carboxylic acids is 1. The van der Waals surface area contributed by atoms with Crippen LogP contribution < -0.4 is 0 Å². The Kier molecular flexibility index (Phi) is 5.34. The Morgan fingerprint density at radius 1 is 1.30 bits per heavy atom. The van der Waals surface area contributed by atoms with Gasteiger partial charge in [0.25, 0.3) is 0 Å². The number of carbonyl (C=O) groups is 1. The second-order valence-corrected chi connectivity index (χ2v) is 6.69. The first kappa shape index (κ1) is 16.5. The molecule has 0 aromatic heterocycles. The van der Waals surface area contributed by atoms with Crippen LogP contribution in [0.4, 0.5) is 0 Å². The maximum absolute atomic E-state index is 12.8. The zero-order chi connectivity index (χ0) is 16.2. The summed E-state index contributed by atoms with van der Waals surface area (Å²) in [6, 6.07) is 8.32. The van der Waals surface area contributed by atoms with E-state index >= 15 is 0 Å². The van der Waals surface area contributed by atoms with Crippen molar-refractivity contribution in [3.63, 3.8) is 0 Å². The normalized spacial score (nSPS) is 28.1. The van der Waals surface area contributed by atoms with Gasteiger partial charge in [0.1, 0.15) is 0 Å². The molecule has 1 amide bonds. The van der Waals surface area contributed by atoms with Gasteiger partial charge in [-0.05, 0) is 36.8 Å². The molecule has 0 spiro atoms. The van der Waals surface area contributed by atoms with Crippen molar-refractivity contribution in [2.45, 2.75) is 51.2 Å². The summed E-state index contributed by atoms with van der Waals surface area (Å²) in [6.07, 6.45) is 3.75. The number of aryl methyl sites for hydroxylation is 1. The Morgan fingerprint density at radius 2 is 2.09 bits per heavy atom. The molecular formula is C19H27NO3. The maximum atomic E-state index is 12.8. The summed E-state index contributed by atoms with van der Waals surface area (Å²) in [5.74, 6) is 0.253. The van der Waals surface area contributed by atoms with Crippen LogP contribution in [0.5, 0.6) is 0 Å². The monoisotopic (exact) mass is 317 g/mol. The fourth-order valence-corrected chi connectivity index (χ4v) is 4.00. The van der Waals surface area contributed by atoms with Crippen molar-refractivity contribution in [1.82, 2.24) is 4.90 Å². The van der Waals surface area contributed by atoms with E-state index in [9.17, 15) is 9.90 Å². The summed E-state index contributed by atoms with van der Waals surface area (Å²) >= 11 is 0. The predicted octanol–water partition coefficient (Wildman–Crippen LogP) is 2.18. The molecule has 2 aliphatic heterocycles. The van der Waals surface area contributed by atoms with Crippen LogP contribution >= 0.6 is 0 Å². The molecule has 0 unspecified atom stereocenters. The summed E-state index contributed by atoms with van der Waals surface area (Å²) in [7, 11) is 0. The highest BCUT2D eigenvalue weighted by Crippen LogP contribution is 2.30. The van der Waals surface area contributed by atoms with Gasteiger partial charge in [0.15, 0.2) is 0 Å². The summed E-state index contributed by atoms with van der Waals surface area (Å²) in [5, 5.41) is 10.3. The van der Waals surface area contributed by atoms with Gasteiger partial charge < -0.3 is 14.7 Å². The first-order chi connectivity index (χ1) is 11.2. The Hall–Kier alpha value is -1.39. The van der Waals surface area contributed by atoms with Gasteiger partial charge in [-0.2, -0.15) is 0 Å². The van der Waals surface area contributed by atoms with E-state index < -0.39 is 0 Å². The van der Waals surface area contributed by atoms with Crippen LogP contribution in [0.3, 0.4) is 0 Å². The molecule has 3 rings (SSSR count). The highest BCUT2D eigenvalue weighted by atomic mass is 16.5. The zero-order valence-electron chi connectivity index (χ0n) is 13.9. The van der Waals surface area contributed by atoms with Crippen molar-refractivity contribution in [3.05, 3.63) is 35.4 Å². The van der Waals surface area contributed by atoms with Crippen molar-refractivity contribution in [3.8, 4) is 0 Å². The number of nitrogens with zero attached hydrogens (tertiary/aromatic N) is 1. The molecular weight excluding hydrogens is 290 g/mol. The van der Waals surface area contributed by atoms with Crippen LogP contribution in [-0.2, 0) is 22.4 Å². The largest absolute Gasteiger partial charge is 0.393 e. The number of aliphatic hydroxyl groups is 1. The molecule has 0 radical (unpaired) electrons. The predicted molar refractivity (Wildman–Crippen MR) is 89.2 cm³/mol. The van der Waals surface area contributed by atoms with Gasteiger partial charge in [0.2, 0.25) is 5.91 Å². The minimum atomic E-state index is -0.343. The molecule has 23 heavy (non-hydrogen) atoms. The fourth-order valence-electron chi connectivity index (χ4n) is 4.00. The number of amides is 1. The summed E-state index contributed by atoms with van der Waals surface area (Å²) in [4.78, 5) is 14.8. The number of hydrogen-bond acceptors (Lipinski definition) is 3. The number of rotatable bonds is 4. The molecule has 0 aliphatic carbocycles. The van der Waals surface area contributed by atoms with Crippen molar-refractivity contribution in [2.75, 3.05) is 19.8 Å². The number of hydrogen-bond donors (Lipinski definition) is 1. The molecule has 2 heterocycles. The Morgan fingerprint density at radius 3 is 2.83 bits per heavy atom. The van der Waals surface area contributed by atoms with Crippen molar-refractivity contribution in [2.24, 2.45) is 5.92 Å². The molecule has 126 valence electrons. The standard InChI is InChI=1S/C19H27NO3/c1-2-14-6-3-4-7-15(14)12-19(22)20-10-5-8-17(20)16-13-23-11-9-18(16)21/h3-4,6-7,16-18,21H,2,5,8-13H2,1H3/t16-,17+,18+/m0/s1. The van der Waals surface area contributed by atoms with E-state index in [-0.39, 0.29) is 24.0 Å². The molecule has 0 bridgehead atoms. The van der Waals surface area contributed by atoms with Gasteiger partial charge in [0, 0.05) is 25.1 Å². The number of ether oxygens (including phenoxy) is 1. The van der Waals surface area contributed by atoms with Gasteiger partial charge in [-0.3, -0.25) is 4.79 Å². The average molecular weight is 317 g/mol. The van der Waals surface area contributed by atoms with Crippen molar-refractivity contribution >= 4 is 5.91 Å². The van der Waals surface area contributed by atoms with E-state index in [0.29, 0.717) is 26.1 Å². The van der Waals surface area contributed by atoms with Crippen LogP contribution in [0.15, 0.2) is 24.3 Å². The molecule has 1 N–H and O–H groups in total.